The molecule has 0 spiro atoms. The lowest BCUT2D eigenvalue weighted by molar-refractivity contribution is -0.120. The van der Waals surface area contributed by atoms with Crippen LogP contribution < -0.4 is 20.1 Å². The summed E-state index contributed by atoms with van der Waals surface area (Å²) in [5, 5.41) is 5.70. The number of carbonyl (C=O) groups excluding carboxylic acids is 2. The van der Waals surface area contributed by atoms with Crippen molar-refractivity contribution in [2.24, 2.45) is 0 Å². The summed E-state index contributed by atoms with van der Waals surface area (Å²) in [6.07, 6.45) is 0.308. The monoisotopic (exact) mass is 370 g/mol. The number of nitrogens with one attached hydrogen (secondary N) is 2. The zero-order valence-electron chi connectivity index (χ0n) is 16.2. The van der Waals surface area contributed by atoms with Crippen molar-refractivity contribution in [2.45, 2.75) is 33.2 Å². The third kappa shape index (κ3) is 6.02. The Labute approximate surface area is 159 Å². The van der Waals surface area contributed by atoms with E-state index in [9.17, 15) is 9.59 Å². The third-order valence-corrected chi connectivity index (χ3v) is 3.75. The van der Waals surface area contributed by atoms with Crippen LogP contribution >= 0.6 is 0 Å². The minimum Gasteiger partial charge on any atom is -0.493 e. The van der Waals surface area contributed by atoms with Gasteiger partial charge in [-0.05, 0) is 56.7 Å². The lowest BCUT2D eigenvalue weighted by Crippen LogP contribution is -2.31. The van der Waals surface area contributed by atoms with E-state index in [2.05, 4.69) is 10.6 Å². The predicted molar refractivity (Wildman–Crippen MR) is 106 cm³/mol. The third-order valence-electron chi connectivity index (χ3n) is 3.75. The second-order valence-corrected chi connectivity index (χ2v) is 6.35. The fourth-order valence-corrected chi connectivity index (χ4v) is 2.55. The Morgan fingerprint density at radius 2 is 1.74 bits per heavy atom. The largest absolute Gasteiger partial charge is 0.493 e. The first kappa shape index (κ1) is 20.3. The molecule has 0 heterocycles. The SMILES string of the molecule is CCOc1cc(C(=O)Nc2ccc(CC(=O)NC(C)C)cc2)ccc1OC. The van der Waals surface area contributed by atoms with E-state index in [0.717, 1.165) is 5.56 Å². The highest BCUT2D eigenvalue weighted by Crippen LogP contribution is 2.28. The number of methoxy groups -OCH3 is 1. The lowest BCUT2D eigenvalue weighted by atomic mass is 10.1. The maximum atomic E-state index is 12.5. The summed E-state index contributed by atoms with van der Waals surface area (Å²) < 4.78 is 10.7. The summed E-state index contributed by atoms with van der Waals surface area (Å²) >= 11 is 0. The van der Waals surface area contributed by atoms with Crippen molar-refractivity contribution < 1.29 is 19.1 Å². The van der Waals surface area contributed by atoms with Gasteiger partial charge in [0.05, 0.1) is 20.1 Å². The molecule has 2 amide bonds. The Hall–Kier alpha value is -3.02. The molecule has 0 unspecified atom stereocenters. The summed E-state index contributed by atoms with van der Waals surface area (Å²) in [6, 6.07) is 12.4. The van der Waals surface area contributed by atoms with Gasteiger partial charge >= 0.3 is 0 Å². The molecule has 6 nitrogen and oxygen atoms in total. The Kier molecular flexibility index (Phi) is 7.23. The lowest BCUT2D eigenvalue weighted by Gasteiger charge is -2.12. The molecule has 0 atom stereocenters. The standard InChI is InChI=1S/C21H26N2O4/c1-5-27-19-13-16(8-11-18(19)26-4)21(25)23-17-9-6-15(7-10-17)12-20(24)22-14(2)3/h6-11,13-14H,5,12H2,1-4H3,(H,22,24)(H,23,25). The quantitative estimate of drug-likeness (QED) is 0.747. The molecular formula is C21H26N2O4. The smallest absolute Gasteiger partial charge is 0.255 e. The van der Waals surface area contributed by atoms with Gasteiger partial charge in [0.25, 0.3) is 5.91 Å². The summed E-state index contributed by atoms with van der Waals surface area (Å²) in [7, 11) is 1.56. The first-order chi connectivity index (χ1) is 12.9. The van der Waals surface area contributed by atoms with Gasteiger partial charge in [0.15, 0.2) is 11.5 Å². The highest BCUT2D eigenvalue weighted by molar-refractivity contribution is 6.04. The van der Waals surface area contributed by atoms with Crippen molar-refractivity contribution in [1.82, 2.24) is 5.32 Å². The molecule has 144 valence electrons. The van der Waals surface area contributed by atoms with Gasteiger partial charge in [0.2, 0.25) is 5.91 Å². The van der Waals surface area contributed by atoms with Gasteiger partial charge < -0.3 is 20.1 Å². The Morgan fingerprint density at radius 1 is 1.04 bits per heavy atom. The Balaban J connectivity index is 2.03. The average molecular weight is 370 g/mol. The first-order valence-corrected chi connectivity index (χ1v) is 8.93. The van der Waals surface area contributed by atoms with Crippen molar-refractivity contribution in [3.8, 4) is 11.5 Å². The minimum atomic E-state index is -0.246. The van der Waals surface area contributed by atoms with E-state index in [1.807, 2.05) is 32.9 Å². The molecule has 0 fully saturated rings. The average Bonchev–Trinajstić information content (AvgIpc) is 2.63. The van der Waals surface area contributed by atoms with Crippen LogP contribution in [0.25, 0.3) is 0 Å². The topological polar surface area (TPSA) is 76.7 Å². The van der Waals surface area contributed by atoms with Crippen LogP contribution in [0.5, 0.6) is 11.5 Å². The van der Waals surface area contributed by atoms with Crippen LogP contribution in [-0.2, 0) is 11.2 Å². The van der Waals surface area contributed by atoms with Gasteiger partial charge in [-0.15, -0.1) is 0 Å². The van der Waals surface area contributed by atoms with Crippen LogP contribution in [0.3, 0.4) is 0 Å². The molecule has 0 aliphatic carbocycles. The second kappa shape index (κ2) is 9.62. The minimum absolute atomic E-state index is 0.0246. The fourth-order valence-electron chi connectivity index (χ4n) is 2.55. The van der Waals surface area contributed by atoms with Crippen LogP contribution in [-0.4, -0.2) is 31.6 Å². The molecule has 6 heteroatoms. The van der Waals surface area contributed by atoms with Crippen LogP contribution in [0, 0.1) is 0 Å². The predicted octanol–water partition coefficient (Wildman–Crippen LogP) is 3.41. The van der Waals surface area contributed by atoms with Crippen molar-refractivity contribution in [2.75, 3.05) is 19.0 Å². The molecule has 0 radical (unpaired) electrons. The maximum absolute atomic E-state index is 12.5. The number of benzene rings is 2. The summed E-state index contributed by atoms with van der Waals surface area (Å²) in [5.41, 5.74) is 2.01. The first-order valence-electron chi connectivity index (χ1n) is 8.93. The van der Waals surface area contributed by atoms with Gasteiger partial charge in [-0.2, -0.15) is 0 Å². The molecule has 2 N–H and O–H groups in total. The Bertz CT molecular complexity index is 785. The van der Waals surface area contributed by atoms with E-state index in [1.54, 1.807) is 37.4 Å². The molecule has 27 heavy (non-hydrogen) atoms. The van der Waals surface area contributed by atoms with Crippen molar-refractivity contribution >= 4 is 17.5 Å². The molecule has 0 saturated heterocycles. The molecule has 0 saturated carbocycles. The number of carbonyl (C=O) groups is 2. The highest BCUT2D eigenvalue weighted by atomic mass is 16.5. The van der Waals surface area contributed by atoms with E-state index in [4.69, 9.17) is 9.47 Å². The molecule has 0 bridgehead atoms. The normalized spacial score (nSPS) is 10.4. The molecular weight excluding hydrogens is 344 g/mol. The number of ether oxygens (including phenoxy) is 2. The molecule has 2 aromatic rings. The van der Waals surface area contributed by atoms with E-state index < -0.39 is 0 Å². The van der Waals surface area contributed by atoms with Crippen LogP contribution in [0.2, 0.25) is 0 Å². The highest BCUT2D eigenvalue weighted by Gasteiger charge is 2.12. The van der Waals surface area contributed by atoms with Gasteiger partial charge in [0, 0.05) is 17.3 Å². The second-order valence-electron chi connectivity index (χ2n) is 6.35. The number of rotatable bonds is 8. The zero-order chi connectivity index (χ0) is 19.8. The van der Waals surface area contributed by atoms with Crippen LogP contribution in [0.4, 0.5) is 5.69 Å². The molecule has 0 aliphatic rings. The molecule has 0 aliphatic heterocycles. The number of amides is 2. The number of anilines is 1. The van der Waals surface area contributed by atoms with Crippen LogP contribution in [0.1, 0.15) is 36.7 Å². The van der Waals surface area contributed by atoms with Gasteiger partial charge in [0.1, 0.15) is 0 Å². The molecule has 0 aromatic heterocycles. The summed E-state index contributed by atoms with van der Waals surface area (Å²) in [5.74, 6) is 0.837. The van der Waals surface area contributed by atoms with Gasteiger partial charge in [-0.25, -0.2) is 0 Å². The Morgan fingerprint density at radius 3 is 2.33 bits per heavy atom. The van der Waals surface area contributed by atoms with Gasteiger partial charge in [-0.1, -0.05) is 12.1 Å². The fraction of sp³-hybridized carbons (Fsp3) is 0.333. The molecule has 2 rings (SSSR count). The van der Waals surface area contributed by atoms with Crippen LogP contribution in [0.15, 0.2) is 42.5 Å². The zero-order valence-corrected chi connectivity index (χ0v) is 16.2. The summed E-state index contributed by atoms with van der Waals surface area (Å²) in [4.78, 5) is 24.3. The molecule has 2 aromatic carbocycles. The number of hydrogen-bond acceptors (Lipinski definition) is 4. The van der Waals surface area contributed by atoms with Gasteiger partial charge in [-0.3, -0.25) is 9.59 Å². The van der Waals surface area contributed by atoms with Crippen molar-refractivity contribution in [3.05, 3.63) is 53.6 Å². The van der Waals surface area contributed by atoms with Crippen molar-refractivity contribution in [1.29, 1.82) is 0 Å². The van der Waals surface area contributed by atoms with E-state index in [-0.39, 0.29) is 17.9 Å². The maximum Gasteiger partial charge on any atom is 0.255 e. The van der Waals surface area contributed by atoms with E-state index in [1.165, 1.54) is 0 Å². The number of hydrogen-bond donors (Lipinski definition) is 2. The summed E-state index contributed by atoms with van der Waals surface area (Å²) in [6.45, 7) is 6.20. The van der Waals surface area contributed by atoms with E-state index >= 15 is 0 Å². The van der Waals surface area contributed by atoms with Crippen molar-refractivity contribution in [3.63, 3.8) is 0 Å². The van der Waals surface area contributed by atoms with E-state index in [0.29, 0.717) is 35.8 Å².